The highest BCUT2D eigenvalue weighted by Gasteiger charge is 2.11. The number of aryl methyl sites for hydroxylation is 1. The molecule has 1 aromatic rings. The van der Waals surface area contributed by atoms with Gasteiger partial charge in [-0.1, -0.05) is 6.92 Å². The summed E-state index contributed by atoms with van der Waals surface area (Å²) in [5.41, 5.74) is 7.09. The molecule has 4 heteroatoms. The second-order valence-corrected chi connectivity index (χ2v) is 3.97. The van der Waals surface area contributed by atoms with Gasteiger partial charge in [-0.25, -0.2) is 0 Å². The lowest BCUT2D eigenvalue weighted by Crippen LogP contribution is -2.23. The lowest BCUT2D eigenvalue weighted by molar-refractivity contribution is 0.0668. The van der Waals surface area contributed by atoms with Gasteiger partial charge in [-0.3, -0.25) is 4.68 Å². The van der Waals surface area contributed by atoms with Gasteiger partial charge in [-0.2, -0.15) is 5.10 Å². The van der Waals surface area contributed by atoms with Gasteiger partial charge in [0.2, 0.25) is 0 Å². The highest BCUT2D eigenvalue weighted by Crippen LogP contribution is 2.11. The molecular weight excluding hydrogens is 190 g/mol. The molecule has 0 aliphatic heterocycles. The molecular formula is C11H21N3O. The third-order valence-corrected chi connectivity index (χ3v) is 2.17. The fourth-order valence-corrected chi connectivity index (χ4v) is 1.44. The van der Waals surface area contributed by atoms with Gasteiger partial charge >= 0.3 is 0 Å². The Labute approximate surface area is 91.4 Å². The lowest BCUT2D eigenvalue weighted by atomic mass is 10.2. The average molecular weight is 211 g/mol. The van der Waals surface area contributed by atoms with Crippen LogP contribution >= 0.6 is 0 Å². The molecule has 1 rings (SSSR count). The summed E-state index contributed by atoms with van der Waals surface area (Å²) in [6.07, 6.45) is 3.07. The molecule has 2 N–H and O–H groups in total. The monoisotopic (exact) mass is 211 g/mol. The molecule has 0 amide bonds. The minimum Gasteiger partial charge on any atom is -0.377 e. The molecule has 0 fully saturated rings. The number of aromatic nitrogens is 2. The Morgan fingerprint density at radius 3 is 2.87 bits per heavy atom. The SMILES string of the molecule is CCCn1nccc1C(N)COC(C)C. The zero-order valence-corrected chi connectivity index (χ0v) is 9.81. The van der Waals surface area contributed by atoms with E-state index < -0.39 is 0 Å². The van der Waals surface area contributed by atoms with Gasteiger partial charge in [0.05, 0.1) is 24.4 Å². The Morgan fingerprint density at radius 2 is 2.27 bits per heavy atom. The second-order valence-electron chi connectivity index (χ2n) is 3.97. The second kappa shape index (κ2) is 5.88. The van der Waals surface area contributed by atoms with E-state index in [2.05, 4.69) is 12.0 Å². The Morgan fingerprint density at radius 1 is 1.53 bits per heavy atom. The largest absolute Gasteiger partial charge is 0.377 e. The van der Waals surface area contributed by atoms with Gasteiger partial charge in [-0.05, 0) is 26.3 Å². The van der Waals surface area contributed by atoms with Crippen molar-refractivity contribution in [3.8, 4) is 0 Å². The third-order valence-electron chi connectivity index (χ3n) is 2.17. The van der Waals surface area contributed by atoms with Crippen LogP contribution in [-0.2, 0) is 11.3 Å². The summed E-state index contributed by atoms with van der Waals surface area (Å²) in [6.45, 7) is 7.61. The summed E-state index contributed by atoms with van der Waals surface area (Å²) in [5, 5.41) is 4.24. The fourth-order valence-electron chi connectivity index (χ4n) is 1.44. The molecule has 0 radical (unpaired) electrons. The number of ether oxygens (including phenoxy) is 1. The van der Waals surface area contributed by atoms with E-state index >= 15 is 0 Å². The smallest absolute Gasteiger partial charge is 0.0704 e. The maximum Gasteiger partial charge on any atom is 0.0704 e. The van der Waals surface area contributed by atoms with Crippen LogP contribution in [-0.4, -0.2) is 22.5 Å². The van der Waals surface area contributed by atoms with Crippen LogP contribution in [0, 0.1) is 0 Å². The van der Waals surface area contributed by atoms with E-state index in [0.717, 1.165) is 18.7 Å². The summed E-state index contributed by atoms with van der Waals surface area (Å²) < 4.78 is 7.45. The highest BCUT2D eigenvalue weighted by atomic mass is 16.5. The Hall–Kier alpha value is -0.870. The van der Waals surface area contributed by atoms with E-state index in [9.17, 15) is 0 Å². The van der Waals surface area contributed by atoms with Crippen molar-refractivity contribution in [1.82, 2.24) is 9.78 Å². The van der Waals surface area contributed by atoms with Crippen LogP contribution in [0.4, 0.5) is 0 Å². The normalized spacial score (nSPS) is 13.4. The first kappa shape index (κ1) is 12.2. The van der Waals surface area contributed by atoms with Crippen LogP contribution in [0.25, 0.3) is 0 Å². The van der Waals surface area contributed by atoms with Crippen molar-refractivity contribution in [2.75, 3.05) is 6.61 Å². The van der Waals surface area contributed by atoms with E-state index in [0.29, 0.717) is 6.61 Å². The van der Waals surface area contributed by atoms with E-state index in [1.165, 1.54) is 0 Å². The topological polar surface area (TPSA) is 53.1 Å². The fraction of sp³-hybridized carbons (Fsp3) is 0.727. The predicted molar refractivity (Wildman–Crippen MR) is 60.5 cm³/mol. The van der Waals surface area contributed by atoms with Crippen LogP contribution in [0.5, 0.6) is 0 Å². The van der Waals surface area contributed by atoms with Crippen molar-refractivity contribution in [3.05, 3.63) is 18.0 Å². The first-order valence-corrected chi connectivity index (χ1v) is 5.54. The van der Waals surface area contributed by atoms with E-state index in [4.69, 9.17) is 10.5 Å². The van der Waals surface area contributed by atoms with Gasteiger partial charge in [0.25, 0.3) is 0 Å². The van der Waals surface area contributed by atoms with Crippen LogP contribution in [0.2, 0.25) is 0 Å². The zero-order valence-electron chi connectivity index (χ0n) is 9.81. The number of nitrogens with zero attached hydrogens (tertiary/aromatic N) is 2. The minimum absolute atomic E-state index is 0.0820. The number of hydrogen-bond acceptors (Lipinski definition) is 3. The maximum absolute atomic E-state index is 6.03. The number of nitrogens with two attached hydrogens (primary N) is 1. The molecule has 1 aromatic heterocycles. The highest BCUT2D eigenvalue weighted by molar-refractivity contribution is 5.06. The molecule has 0 bridgehead atoms. The van der Waals surface area contributed by atoms with Crippen molar-refractivity contribution in [1.29, 1.82) is 0 Å². The Balaban J connectivity index is 2.56. The summed E-state index contributed by atoms with van der Waals surface area (Å²) >= 11 is 0. The molecule has 1 atom stereocenters. The summed E-state index contributed by atoms with van der Waals surface area (Å²) in [4.78, 5) is 0. The first-order chi connectivity index (χ1) is 7.15. The van der Waals surface area contributed by atoms with Crippen molar-refractivity contribution in [3.63, 3.8) is 0 Å². The number of hydrogen-bond donors (Lipinski definition) is 1. The van der Waals surface area contributed by atoms with Gasteiger partial charge in [-0.15, -0.1) is 0 Å². The summed E-state index contributed by atoms with van der Waals surface area (Å²) in [7, 11) is 0. The molecule has 15 heavy (non-hydrogen) atoms. The van der Waals surface area contributed by atoms with Crippen molar-refractivity contribution in [2.45, 2.75) is 45.9 Å². The van der Waals surface area contributed by atoms with Crippen molar-refractivity contribution >= 4 is 0 Å². The van der Waals surface area contributed by atoms with E-state index in [1.807, 2.05) is 24.6 Å². The third kappa shape index (κ3) is 3.64. The molecule has 1 unspecified atom stereocenters. The molecule has 0 aliphatic carbocycles. The maximum atomic E-state index is 6.03. The standard InChI is InChI=1S/C11H21N3O/c1-4-7-14-11(5-6-13-14)10(12)8-15-9(2)3/h5-6,9-10H,4,7-8,12H2,1-3H3. The van der Waals surface area contributed by atoms with Crippen LogP contribution in [0.3, 0.4) is 0 Å². The molecule has 86 valence electrons. The van der Waals surface area contributed by atoms with Crippen LogP contribution < -0.4 is 5.73 Å². The average Bonchev–Trinajstić information content (AvgIpc) is 2.63. The summed E-state index contributed by atoms with van der Waals surface area (Å²) in [5.74, 6) is 0. The lowest BCUT2D eigenvalue weighted by Gasteiger charge is -2.15. The first-order valence-electron chi connectivity index (χ1n) is 5.54. The van der Waals surface area contributed by atoms with Gasteiger partial charge < -0.3 is 10.5 Å². The summed E-state index contributed by atoms with van der Waals surface area (Å²) in [6, 6.07) is 1.88. The number of rotatable bonds is 6. The molecule has 4 nitrogen and oxygen atoms in total. The van der Waals surface area contributed by atoms with Gasteiger partial charge in [0, 0.05) is 12.7 Å². The van der Waals surface area contributed by atoms with Gasteiger partial charge in [0.15, 0.2) is 0 Å². The predicted octanol–water partition coefficient (Wildman–Crippen LogP) is 1.72. The molecule has 0 aromatic carbocycles. The van der Waals surface area contributed by atoms with Crippen LogP contribution in [0.1, 0.15) is 38.9 Å². The van der Waals surface area contributed by atoms with Crippen LogP contribution in [0.15, 0.2) is 12.3 Å². The molecule has 0 aliphatic rings. The Bertz CT molecular complexity index is 283. The Kier molecular flexibility index (Phi) is 4.78. The zero-order chi connectivity index (χ0) is 11.3. The van der Waals surface area contributed by atoms with E-state index in [1.54, 1.807) is 6.20 Å². The molecule has 0 spiro atoms. The van der Waals surface area contributed by atoms with Crippen molar-refractivity contribution in [2.24, 2.45) is 5.73 Å². The van der Waals surface area contributed by atoms with Crippen molar-refractivity contribution < 1.29 is 4.74 Å². The van der Waals surface area contributed by atoms with E-state index in [-0.39, 0.29) is 12.1 Å². The molecule has 1 heterocycles. The molecule has 0 saturated carbocycles. The van der Waals surface area contributed by atoms with Gasteiger partial charge in [0.1, 0.15) is 0 Å². The minimum atomic E-state index is -0.0820. The quantitative estimate of drug-likeness (QED) is 0.779. The molecule has 0 saturated heterocycles.